The molecule has 1 aromatic heterocycles. The first-order valence-electron chi connectivity index (χ1n) is 3.88. The van der Waals surface area contributed by atoms with Crippen LogP contribution in [0, 0.1) is 6.92 Å². The van der Waals surface area contributed by atoms with Crippen LogP contribution in [0.5, 0.6) is 0 Å². The Morgan fingerprint density at radius 3 is 2.77 bits per heavy atom. The molecule has 0 aromatic carbocycles. The summed E-state index contributed by atoms with van der Waals surface area (Å²) in [5.74, 6) is -0.420. The van der Waals surface area contributed by atoms with E-state index in [-0.39, 0.29) is 12.1 Å². The van der Waals surface area contributed by atoms with Gasteiger partial charge in [0.05, 0.1) is 7.11 Å². The minimum absolute atomic E-state index is 0.0258. The second kappa shape index (κ2) is 3.89. The zero-order valence-corrected chi connectivity index (χ0v) is 7.61. The Morgan fingerprint density at radius 1 is 1.54 bits per heavy atom. The summed E-state index contributed by atoms with van der Waals surface area (Å²) >= 11 is 0. The maximum absolute atomic E-state index is 11.2. The average molecular weight is 181 g/mol. The van der Waals surface area contributed by atoms with Gasteiger partial charge in [-0.1, -0.05) is 6.07 Å². The number of aryl methyl sites for hydroxylation is 1. The van der Waals surface area contributed by atoms with Crippen LogP contribution in [0.4, 0.5) is 0 Å². The Labute approximate surface area is 75.8 Å². The molecule has 4 nitrogen and oxygen atoms in total. The van der Waals surface area contributed by atoms with Crippen LogP contribution in [-0.4, -0.2) is 17.6 Å². The normalized spacial score (nSPS) is 9.69. The van der Waals surface area contributed by atoms with Gasteiger partial charge in [0.25, 0.3) is 5.56 Å². The monoisotopic (exact) mass is 181 g/mol. The van der Waals surface area contributed by atoms with Crippen molar-refractivity contribution in [1.82, 2.24) is 4.57 Å². The molecule has 0 aliphatic heterocycles. The Balaban J connectivity index is 3.00. The Bertz CT molecular complexity index is 367. The molecule has 0 aliphatic carbocycles. The van der Waals surface area contributed by atoms with E-state index in [1.807, 2.05) is 0 Å². The van der Waals surface area contributed by atoms with Crippen LogP contribution in [0.3, 0.4) is 0 Å². The van der Waals surface area contributed by atoms with Gasteiger partial charge in [-0.2, -0.15) is 0 Å². The van der Waals surface area contributed by atoms with Crippen LogP contribution in [0.1, 0.15) is 5.69 Å². The molecule has 0 bridgehead atoms. The van der Waals surface area contributed by atoms with Crippen molar-refractivity contribution in [3.05, 3.63) is 34.2 Å². The van der Waals surface area contributed by atoms with E-state index in [2.05, 4.69) is 4.74 Å². The second-order valence-corrected chi connectivity index (χ2v) is 2.67. The Hall–Kier alpha value is -1.58. The van der Waals surface area contributed by atoms with Crippen LogP contribution in [0.15, 0.2) is 23.0 Å². The van der Waals surface area contributed by atoms with Crippen molar-refractivity contribution >= 4 is 5.97 Å². The molecule has 0 fully saturated rings. The Morgan fingerprint density at radius 2 is 2.23 bits per heavy atom. The number of aromatic nitrogens is 1. The van der Waals surface area contributed by atoms with E-state index in [1.54, 1.807) is 19.1 Å². The van der Waals surface area contributed by atoms with Crippen molar-refractivity contribution in [2.45, 2.75) is 13.5 Å². The summed E-state index contributed by atoms with van der Waals surface area (Å²) in [6.45, 7) is 1.74. The van der Waals surface area contributed by atoms with Gasteiger partial charge in [0.2, 0.25) is 0 Å². The lowest BCUT2D eigenvalue weighted by atomic mass is 10.3. The fourth-order valence-corrected chi connectivity index (χ4v) is 1.02. The molecule has 0 amide bonds. The largest absolute Gasteiger partial charge is 0.468 e. The summed E-state index contributed by atoms with van der Waals surface area (Å²) in [4.78, 5) is 22.2. The van der Waals surface area contributed by atoms with E-state index in [4.69, 9.17) is 0 Å². The molecule has 0 atom stereocenters. The number of methoxy groups -OCH3 is 1. The molecule has 70 valence electrons. The molecule has 1 rings (SSSR count). The molecule has 1 heterocycles. The molecule has 0 radical (unpaired) electrons. The highest BCUT2D eigenvalue weighted by Gasteiger charge is 2.04. The zero-order valence-electron chi connectivity index (χ0n) is 7.61. The van der Waals surface area contributed by atoms with Gasteiger partial charge >= 0.3 is 5.97 Å². The number of hydrogen-bond donors (Lipinski definition) is 0. The first-order chi connectivity index (χ1) is 6.15. The van der Waals surface area contributed by atoms with E-state index >= 15 is 0 Å². The fourth-order valence-electron chi connectivity index (χ4n) is 1.02. The van der Waals surface area contributed by atoms with Crippen molar-refractivity contribution in [2.75, 3.05) is 7.11 Å². The maximum atomic E-state index is 11.2. The molecule has 4 heteroatoms. The summed E-state index contributed by atoms with van der Waals surface area (Å²) in [6, 6.07) is 4.84. The number of ether oxygens (including phenoxy) is 1. The van der Waals surface area contributed by atoms with E-state index in [1.165, 1.54) is 17.7 Å². The van der Waals surface area contributed by atoms with Crippen LogP contribution in [-0.2, 0) is 16.1 Å². The molecule has 0 saturated heterocycles. The van der Waals surface area contributed by atoms with Gasteiger partial charge < -0.3 is 9.30 Å². The van der Waals surface area contributed by atoms with E-state index in [0.29, 0.717) is 0 Å². The minimum atomic E-state index is -0.420. The van der Waals surface area contributed by atoms with Gasteiger partial charge in [-0.25, -0.2) is 0 Å². The highest BCUT2D eigenvalue weighted by Crippen LogP contribution is 1.93. The number of hydrogen-bond acceptors (Lipinski definition) is 3. The number of pyridine rings is 1. The molecule has 1 aromatic rings. The van der Waals surface area contributed by atoms with Crippen molar-refractivity contribution in [1.29, 1.82) is 0 Å². The predicted molar refractivity (Wildman–Crippen MR) is 47.5 cm³/mol. The SMILES string of the molecule is COC(=O)Cn1c(C)cccc1=O. The van der Waals surface area contributed by atoms with Crippen LogP contribution >= 0.6 is 0 Å². The van der Waals surface area contributed by atoms with E-state index in [9.17, 15) is 9.59 Å². The lowest BCUT2D eigenvalue weighted by molar-refractivity contribution is -0.141. The third-order valence-electron chi connectivity index (χ3n) is 1.78. The number of rotatable bonds is 2. The second-order valence-electron chi connectivity index (χ2n) is 2.67. The predicted octanol–water partition coefficient (Wildman–Crippen LogP) is 0.330. The van der Waals surface area contributed by atoms with Crippen LogP contribution in [0.25, 0.3) is 0 Å². The van der Waals surface area contributed by atoms with E-state index in [0.717, 1.165) is 5.69 Å². The van der Waals surface area contributed by atoms with Gasteiger partial charge in [0.1, 0.15) is 6.54 Å². The number of carbonyl (C=O) groups excluding carboxylic acids is 1. The van der Waals surface area contributed by atoms with Gasteiger partial charge in [0.15, 0.2) is 0 Å². The first-order valence-corrected chi connectivity index (χ1v) is 3.88. The van der Waals surface area contributed by atoms with Gasteiger partial charge in [-0.15, -0.1) is 0 Å². The first kappa shape index (κ1) is 9.51. The van der Waals surface area contributed by atoms with Crippen molar-refractivity contribution < 1.29 is 9.53 Å². The van der Waals surface area contributed by atoms with Crippen molar-refractivity contribution in [3.63, 3.8) is 0 Å². The summed E-state index contributed by atoms with van der Waals surface area (Å²) in [6.07, 6.45) is 0. The molecule has 0 aliphatic rings. The topological polar surface area (TPSA) is 48.3 Å². The summed E-state index contributed by atoms with van der Waals surface area (Å²) in [7, 11) is 1.30. The molecule has 0 unspecified atom stereocenters. The highest BCUT2D eigenvalue weighted by atomic mass is 16.5. The Kier molecular flexibility index (Phi) is 2.84. The molecular weight excluding hydrogens is 170 g/mol. The quantitative estimate of drug-likeness (QED) is 0.618. The van der Waals surface area contributed by atoms with Crippen molar-refractivity contribution in [2.24, 2.45) is 0 Å². The van der Waals surface area contributed by atoms with Crippen molar-refractivity contribution in [3.8, 4) is 0 Å². The molecular formula is C9H11NO3. The van der Waals surface area contributed by atoms with Gasteiger partial charge in [-0.05, 0) is 13.0 Å². The summed E-state index contributed by atoms with van der Waals surface area (Å²) in [5, 5.41) is 0. The standard InChI is InChI=1S/C9H11NO3/c1-7-4-3-5-8(11)10(7)6-9(12)13-2/h3-5H,6H2,1-2H3. The average Bonchev–Trinajstić information content (AvgIpc) is 2.11. The minimum Gasteiger partial charge on any atom is -0.468 e. The molecule has 0 saturated carbocycles. The smallest absolute Gasteiger partial charge is 0.325 e. The molecule has 13 heavy (non-hydrogen) atoms. The van der Waals surface area contributed by atoms with Crippen LogP contribution in [0.2, 0.25) is 0 Å². The lowest BCUT2D eigenvalue weighted by Crippen LogP contribution is -2.25. The zero-order chi connectivity index (χ0) is 9.84. The number of nitrogens with zero attached hydrogens (tertiary/aromatic N) is 1. The van der Waals surface area contributed by atoms with Gasteiger partial charge in [-0.3, -0.25) is 9.59 Å². The number of carbonyl (C=O) groups is 1. The fraction of sp³-hybridized carbons (Fsp3) is 0.333. The number of esters is 1. The third kappa shape index (κ3) is 2.18. The van der Waals surface area contributed by atoms with Crippen LogP contribution < -0.4 is 5.56 Å². The maximum Gasteiger partial charge on any atom is 0.325 e. The van der Waals surface area contributed by atoms with E-state index < -0.39 is 5.97 Å². The summed E-state index contributed by atoms with van der Waals surface area (Å²) in [5.41, 5.74) is 0.559. The van der Waals surface area contributed by atoms with Gasteiger partial charge in [0, 0.05) is 11.8 Å². The highest BCUT2D eigenvalue weighted by molar-refractivity contribution is 5.69. The molecule has 0 spiro atoms. The molecule has 0 N–H and O–H groups in total. The lowest BCUT2D eigenvalue weighted by Gasteiger charge is -2.06. The third-order valence-corrected chi connectivity index (χ3v) is 1.78. The summed E-state index contributed by atoms with van der Waals surface area (Å²) < 4.78 is 5.83.